The average molecular weight is 427 g/mol. The number of imidazole rings is 1. The summed E-state index contributed by atoms with van der Waals surface area (Å²) in [5.74, 6) is 0.383. The molecule has 0 aliphatic carbocycles. The van der Waals surface area contributed by atoms with E-state index in [4.69, 9.17) is 4.98 Å². The highest BCUT2D eigenvalue weighted by atomic mass is 16.2. The first-order valence-corrected chi connectivity index (χ1v) is 10.7. The molecule has 0 bridgehead atoms. The third-order valence-corrected chi connectivity index (χ3v) is 5.41. The van der Waals surface area contributed by atoms with E-state index in [1.165, 1.54) is 0 Å². The van der Waals surface area contributed by atoms with Crippen molar-refractivity contribution in [2.45, 2.75) is 26.7 Å². The number of aryl methyl sites for hydroxylation is 3. The molecule has 0 unspecified atom stereocenters. The summed E-state index contributed by atoms with van der Waals surface area (Å²) in [6.45, 7) is 3.82. The Morgan fingerprint density at radius 3 is 2.28 bits per heavy atom. The summed E-state index contributed by atoms with van der Waals surface area (Å²) in [4.78, 5) is 29.5. The highest BCUT2D eigenvalue weighted by Gasteiger charge is 2.14. The van der Waals surface area contributed by atoms with Crippen LogP contribution in [-0.4, -0.2) is 27.9 Å². The zero-order valence-corrected chi connectivity index (χ0v) is 18.3. The summed E-state index contributed by atoms with van der Waals surface area (Å²) < 4.78 is 2.08. The molecule has 0 spiro atoms. The zero-order chi connectivity index (χ0) is 22.5. The maximum Gasteiger partial charge on any atom is 0.243 e. The van der Waals surface area contributed by atoms with E-state index in [0.29, 0.717) is 6.42 Å². The van der Waals surface area contributed by atoms with Crippen LogP contribution in [0.2, 0.25) is 0 Å². The molecule has 4 aromatic rings. The second kappa shape index (κ2) is 9.47. The van der Waals surface area contributed by atoms with E-state index in [1.807, 2.05) is 86.6 Å². The van der Waals surface area contributed by atoms with Gasteiger partial charge in [-0.25, -0.2) is 4.98 Å². The number of nitrogens with one attached hydrogen (secondary N) is 2. The maximum absolute atomic E-state index is 12.4. The lowest BCUT2D eigenvalue weighted by atomic mass is 10.1. The largest absolute Gasteiger partial charge is 0.347 e. The Bertz CT molecular complexity index is 1240. The molecule has 2 amide bonds. The Hall–Kier alpha value is -3.93. The molecule has 0 saturated carbocycles. The van der Waals surface area contributed by atoms with Gasteiger partial charge < -0.3 is 10.6 Å². The molecule has 0 radical (unpaired) electrons. The minimum absolute atomic E-state index is 0.0677. The summed E-state index contributed by atoms with van der Waals surface area (Å²) in [7, 11) is 0. The predicted molar refractivity (Wildman–Crippen MR) is 127 cm³/mol. The van der Waals surface area contributed by atoms with E-state index in [9.17, 15) is 9.59 Å². The van der Waals surface area contributed by atoms with Crippen LogP contribution in [0.25, 0.3) is 16.7 Å². The first-order chi connectivity index (χ1) is 15.5. The standard InChI is InChI=1S/C26H26N4O2/c1-18-9-8-10-19(2)26(18)29-25(32)17-27-24(31)16-15-23-28-21-13-6-7-14-22(21)30(23)20-11-4-3-5-12-20/h3-14H,15-17H2,1-2H3,(H,27,31)(H,29,32). The molecule has 6 nitrogen and oxygen atoms in total. The Balaban J connectivity index is 1.40. The molecular formula is C26H26N4O2. The van der Waals surface area contributed by atoms with Gasteiger partial charge in [0.05, 0.1) is 17.6 Å². The molecule has 3 aromatic carbocycles. The van der Waals surface area contributed by atoms with Crippen LogP contribution in [0.4, 0.5) is 5.69 Å². The van der Waals surface area contributed by atoms with Gasteiger partial charge in [0.25, 0.3) is 0 Å². The first kappa shape index (κ1) is 21.3. The van der Waals surface area contributed by atoms with E-state index < -0.39 is 0 Å². The van der Waals surface area contributed by atoms with Crippen molar-refractivity contribution in [2.75, 3.05) is 11.9 Å². The van der Waals surface area contributed by atoms with Crippen molar-refractivity contribution in [3.63, 3.8) is 0 Å². The highest BCUT2D eigenvalue weighted by molar-refractivity contribution is 5.95. The van der Waals surface area contributed by atoms with Crippen molar-refractivity contribution < 1.29 is 9.59 Å². The van der Waals surface area contributed by atoms with Crippen molar-refractivity contribution in [3.05, 3.63) is 89.7 Å². The smallest absolute Gasteiger partial charge is 0.243 e. The van der Waals surface area contributed by atoms with Gasteiger partial charge in [0, 0.05) is 24.2 Å². The minimum atomic E-state index is -0.243. The molecular weight excluding hydrogens is 400 g/mol. The number of fused-ring (bicyclic) bond motifs is 1. The van der Waals surface area contributed by atoms with E-state index >= 15 is 0 Å². The van der Waals surface area contributed by atoms with Crippen LogP contribution >= 0.6 is 0 Å². The number of rotatable bonds is 7. The highest BCUT2D eigenvalue weighted by Crippen LogP contribution is 2.22. The third kappa shape index (κ3) is 4.70. The third-order valence-electron chi connectivity index (χ3n) is 5.41. The molecule has 0 aliphatic rings. The first-order valence-electron chi connectivity index (χ1n) is 10.7. The van der Waals surface area contributed by atoms with Gasteiger partial charge in [0.2, 0.25) is 11.8 Å². The fourth-order valence-electron chi connectivity index (χ4n) is 3.80. The average Bonchev–Trinajstić information content (AvgIpc) is 3.18. The van der Waals surface area contributed by atoms with Gasteiger partial charge in [0.1, 0.15) is 5.82 Å². The number of carbonyl (C=O) groups excluding carboxylic acids is 2. The second-order valence-corrected chi connectivity index (χ2v) is 7.78. The van der Waals surface area contributed by atoms with E-state index in [2.05, 4.69) is 15.2 Å². The van der Waals surface area contributed by atoms with Gasteiger partial charge in [0.15, 0.2) is 0 Å². The number of anilines is 1. The van der Waals surface area contributed by atoms with Gasteiger partial charge in [-0.05, 0) is 49.2 Å². The van der Waals surface area contributed by atoms with E-state index in [1.54, 1.807) is 0 Å². The number of hydrogen-bond donors (Lipinski definition) is 2. The van der Waals surface area contributed by atoms with Gasteiger partial charge in [-0.3, -0.25) is 14.2 Å². The molecule has 1 aromatic heterocycles. The van der Waals surface area contributed by atoms with Crippen LogP contribution in [0.1, 0.15) is 23.4 Å². The molecule has 1 heterocycles. The Labute approximate surface area is 187 Å². The quantitative estimate of drug-likeness (QED) is 0.462. The van der Waals surface area contributed by atoms with Crippen molar-refractivity contribution in [2.24, 2.45) is 0 Å². The van der Waals surface area contributed by atoms with E-state index in [-0.39, 0.29) is 24.8 Å². The number of hydrogen-bond acceptors (Lipinski definition) is 3. The number of benzene rings is 3. The summed E-state index contributed by atoms with van der Waals surface area (Å²) in [6, 6.07) is 23.7. The molecule has 0 aliphatic heterocycles. The molecule has 6 heteroatoms. The number of nitrogens with zero attached hydrogens (tertiary/aromatic N) is 2. The van der Waals surface area contributed by atoms with Crippen molar-refractivity contribution in [3.8, 4) is 5.69 Å². The summed E-state index contributed by atoms with van der Waals surface area (Å²) in [5, 5.41) is 5.60. The fourth-order valence-corrected chi connectivity index (χ4v) is 3.80. The Kier molecular flexibility index (Phi) is 6.31. The van der Waals surface area contributed by atoms with Crippen molar-refractivity contribution in [1.29, 1.82) is 0 Å². The monoisotopic (exact) mass is 426 g/mol. The summed E-state index contributed by atoms with van der Waals surface area (Å²) >= 11 is 0. The van der Waals surface area contributed by atoms with Crippen LogP contribution in [0.15, 0.2) is 72.8 Å². The molecule has 162 valence electrons. The molecule has 0 saturated heterocycles. The molecule has 0 fully saturated rings. The van der Waals surface area contributed by atoms with Crippen LogP contribution < -0.4 is 10.6 Å². The lowest BCUT2D eigenvalue weighted by Gasteiger charge is -2.12. The Morgan fingerprint density at radius 2 is 1.53 bits per heavy atom. The fraction of sp³-hybridized carbons (Fsp3) is 0.192. The Morgan fingerprint density at radius 1 is 0.844 bits per heavy atom. The number of carbonyl (C=O) groups is 2. The van der Waals surface area contributed by atoms with Crippen LogP contribution in [0.5, 0.6) is 0 Å². The lowest BCUT2D eigenvalue weighted by Crippen LogP contribution is -2.33. The lowest BCUT2D eigenvalue weighted by molar-refractivity contribution is -0.124. The van der Waals surface area contributed by atoms with Crippen LogP contribution in [0.3, 0.4) is 0 Å². The van der Waals surface area contributed by atoms with E-state index in [0.717, 1.165) is 39.4 Å². The number of aromatic nitrogens is 2. The number of amides is 2. The van der Waals surface area contributed by atoms with Crippen molar-refractivity contribution >= 4 is 28.5 Å². The predicted octanol–water partition coefficient (Wildman–Crippen LogP) is 4.33. The summed E-state index contributed by atoms with van der Waals surface area (Å²) in [6.07, 6.45) is 0.709. The van der Waals surface area contributed by atoms with Gasteiger partial charge in [-0.2, -0.15) is 0 Å². The summed E-state index contributed by atoms with van der Waals surface area (Å²) in [5.41, 5.74) is 5.67. The minimum Gasteiger partial charge on any atom is -0.347 e. The van der Waals surface area contributed by atoms with Gasteiger partial charge >= 0.3 is 0 Å². The number of para-hydroxylation sites is 4. The van der Waals surface area contributed by atoms with Crippen molar-refractivity contribution in [1.82, 2.24) is 14.9 Å². The molecule has 4 rings (SSSR count). The molecule has 32 heavy (non-hydrogen) atoms. The van der Waals surface area contributed by atoms with Crippen LogP contribution in [0, 0.1) is 13.8 Å². The van der Waals surface area contributed by atoms with Gasteiger partial charge in [-0.1, -0.05) is 48.5 Å². The second-order valence-electron chi connectivity index (χ2n) is 7.78. The van der Waals surface area contributed by atoms with Crippen LogP contribution in [-0.2, 0) is 16.0 Å². The SMILES string of the molecule is Cc1cccc(C)c1NC(=O)CNC(=O)CCc1nc2ccccc2n1-c1ccccc1. The zero-order valence-electron chi connectivity index (χ0n) is 18.3. The normalized spacial score (nSPS) is 10.8. The molecule has 0 atom stereocenters. The maximum atomic E-state index is 12.4. The molecule has 2 N–H and O–H groups in total. The topological polar surface area (TPSA) is 76.0 Å². The van der Waals surface area contributed by atoms with Gasteiger partial charge in [-0.15, -0.1) is 0 Å².